The molecule has 7 nitrogen and oxygen atoms in total. The summed E-state index contributed by atoms with van der Waals surface area (Å²) in [6.07, 6.45) is 2.21. The van der Waals surface area contributed by atoms with E-state index in [1.54, 1.807) is 0 Å². The van der Waals surface area contributed by atoms with Crippen molar-refractivity contribution in [3.63, 3.8) is 0 Å². The highest BCUT2D eigenvalue weighted by Gasteiger charge is 2.12. The first kappa shape index (κ1) is 20.2. The third-order valence-corrected chi connectivity index (χ3v) is 3.73. The second kappa shape index (κ2) is 10.8. The molecule has 1 aromatic carbocycles. The van der Waals surface area contributed by atoms with Gasteiger partial charge in [0.1, 0.15) is 11.5 Å². The summed E-state index contributed by atoms with van der Waals surface area (Å²) in [5.41, 5.74) is 0.959. The lowest BCUT2D eigenvalue weighted by atomic mass is 10.2. The van der Waals surface area contributed by atoms with Crippen LogP contribution < -0.4 is 10.6 Å². The van der Waals surface area contributed by atoms with Crippen LogP contribution in [-0.4, -0.2) is 31.1 Å². The normalized spacial score (nSPS) is 10.3. The van der Waals surface area contributed by atoms with Crippen LogP contribution in [0, 0.1) is 0 Å². The van der Waals surface area contributed by atoms with Crippen molar-refractivity contribution in [2.24, 2.45) is 0 Å². The minimum absolute atomic E-state index is 0.0811. The minimum Gasteiger partial charge on any atom is -0.461 e. The molecule has 0 atom stereocenters. The van der Waals surface area contributed by atoms with E-state index in [0.717, 1.165) is 24.2 Å². The van der Waals surface area contributed by atoms with Crippen molar-refractivity contribution in [1.29, 1.82) is 0 Å². The third kappa shape index (κ3) is 7.35. The van der Waals surface area contributed by atoms with Crippen molar-refractivity contribution in [2.75, 3.05) is 13.2 Å². The number of hydrogen-bond acceptors (Lipinski definition) is 5. The summed E-state index contributed by atoms with van der Waals surface area (Å²) in [6, 6.07) is 12.7. The van der Waals surface area contributed by atoms with Gasteiger partial charge in [0.2, 0.25) is 0 Å². The predicted molar refractivity (Wildman–Crippen MR) is 99.9 cm³/mol. The Morgan fingerprint density at radius 2 is 1.85 bits per heavy atom. The zero-order valence-electron chi connectivity index (χ0n) is 15.3. The Kier molecular flexibility index (Phi) is 8.09. The second-order valence-electron chi connectivity index (χ2n) is 5.95. The Hall–Kier alpha value is -3.09. The summed E-state index contributed by atoms with van der Waals surface area (Å²) in [6.45, 7) is 1.99. The molecule has 7 heteroatoms. The van der Waals surface area contributed by atoms with Gasteiger partial charge in [-0.3, -0.25) is 14.9 Å². The fraction of sp³-hybridized carbons (Fsp3) is 0.350. The largest absolute Gasteiger partial charge is 0.461 e. The molecule has 3 amide bonds. The van der Waals surface area contributed by atoms with Crippen molar-refractivity contribution in [3.05, 3.63) is 48.2 Å². The zero-order valence-corrected chi connectivity index (χ0v) is 15.3. The van der Waals surface area contributed by atoms with E-state index in [1.807, 2.05) is 49.4 Å². The summed E-state index contributed by atoms with van der Waals surface area (Å²) in [4.78, 5) is 34.7. The Balaban J connectivity index is 1.67. The number of carbonyl (C=O) groups is 3. The van der Waals surface area contributed by atoms with E-state index in [0.29, 0.717) is 18.7 Å². The number of aryl methyl sites for hydroxylation is 1. The molecule has 27 heavy (non-hydrogen) atoms. The van der Waals surface area contributed by atoms with Crippen LogP contribution >= 0.6 is 0 Å². The Morgan fingerprint density at radius 3 is 2.59 bits per heavy atom. The van der Waals surface area contributed by atoms with Crippen LogP contribution in [-0.2, 0) is 20.7 Å². The molecule has 0 bridgehead atoms. The van der Waals surface area contributed by atoms with E-state index >= 15 is 0 Å². The lowest BCUT2D eigenvalue weighted by Gasteiger charge is -2.06. The SMILES string of the molecule is CCCCNC(=O)NC(=O)COC(=O)CCc1ccc(-c2ccccc2)o1. The number of unbranched alkanes of at least 4 members (excludes halogenated alkanes) is 1. The first-order chi connectivity index (χ1) is 13.1. The molecule has 0 aliphatic heterocycles. The van der Waals surface area contributed by atoms with Crippen LogP contribution in [0.5, 0.6) is 0 Å². The monoisotopic (exact) mass is 372 g/mol. The van der Waals surface area contributed by atoms with Crippen molar-refractivity contribution < 1.29 is 23.5 Å². The van der Waals surface area contributed by atoms with Gasteiger partial charge in [-0.1, -0.05) is 43.7 Å². The molecule has 0 radical (unpaired) electrons. The van der Waals surface area contributed by atoms with Crippen molar-refractivity contribution in [2.45, 2.75) is 32.6 Å². The lowest BCUT2D eigenvalue weighted by Crippen LogP contribution is -2.41. The predicted octanol–water partition coefficient (Wildman–Crippen LogP) is 3.05. The summed E-state index contributed by atoms with van der Waals surface area (Å²) in [5, 5.41) is 4.65. The third-order valence-electron chi connectivity index (χ3n) is 3.73. The molecule has 0 aliphatic rings. The van der Waals surface area contributed by atoms with E-state index in [2.05, 4.69) is 10.6 Å². The summed E-state index contributed by atoms with van der Waals surface area (Å²) < 4.78 is 10.6. The first-order valence-electron chi connectivity index (χ1n) is 8.96. The van der Waals surface area contributed by atoms with Crippen molar-refractivity contribution in [3.8, 4) is 11.3 Å². The first-order valence-corrected chi connectivity index (χ1v) is 8.96. The number of ether oxygens (including phenoxy) is 1. The number of benzene rings is 1. The number of hydrogen-bond donors (Lipinski definition) is 2. The molecule has 0 fully saturated rings. The van der Waals surface area contributed by atoms with Crippen LogP contribution in [0.1, 0.15) is 31.9 Å². The van der Waals surface area contributed by atoms with Gasteiger partial charge in [0.15, 0.2) is 6.61 Å². The van der Waals surface area contributed by atoms with Gasteiger partial charge in [0, 0.05) is 18.5 Å². The number of nitrogens with one attached hydrogen (secondary N) is 2. The molecule has 0 aliphatic carbocycles. The van der Waals surface area contributed by atoms with Gasteiger partial charge in [-0.05, 0) is 18.6 Å². The quantitative estimate of drug-likeness (QED) is 0.521. The molecular formula is C20H24N2O5. The fourth-order valence-corrected chi connectivity index (χ4v) is 2.30. The molecule has 144 valence electrons. The molecule has 0 saturated carbocycles. The summed E-state index contributed by atoms with van der Waals surface area (Å²) >= 11 is 0. The number of esters is 1. The van der Waals surface area contributed by atoms with Gasteiger partial charge < -0.3 is 14.5 Å². The van der Waals surface area contributed by atoms with Crippen LogP contribution in [0.15, 0.2) is 46.9 Å². The number of rotatable bonds is 9. The Labute approximate surface area is 158 Å². The minimum atomic E-state index is -0.665. The molecule has 2 aromatic rings. The van der Waals surface area contributed by atoms with Gasteiger partial charge in [0.25, 0.3) is 5.91 Å². The standard InChI is InChI=1S/C20H24N2O5/c1-2-3-13-21-20(25)22-18(23)14-26-19(24)12-10-16-9-11-17(27-16)15-7-5-4-6-8-15/h4-9,11H,2-3,10,12-14H2,1H3,(H2,21,22,23,25). The zero-order chi connectivity index (χ0) is 19.5. The van der Waals surface area contributed by atoms with Gasteiger partial charge in [0.05, 0.1) is 6.42 Å². The highest BCUT2D eigenvalue weighted by Crippen LogP contribution is 2.22. The lowest BCUT2D eigenvalue weighted by molar-refractivity contribution is -0.148. The van der Waals surface area contributed by atoms with Crippen LogP contribution in [0.2, 0.25) is 0 Å². The maximum Gasteiger partial charge on any atom is 0.321 e. The van der Waals surface area contributed by atoms with E-state index in [-0.39, 0.29) is 6.42 Å². The topological polar surface area (TPSA) is 97.6 Å². The maximum absolute atomic E-state index is 11.7. The van der Waals surface area contributed by atoms with Gasteiger partial charge in [-0.2, -0.15) is 0 Å². The van der Waals surface area contributed by atoms with Gasteiger partial charge in [-0.25, -0.2) is 4.79 Å². The molecular weight excluding hydrogens is 348 g/mol. The van der Waals surface area contributed by atoms with Crippen molar-refractivity contribution >= 4 is 17.9 Å². The molecule has 2 rings (SSSR count). The van der Waals surface area contributed by atoms with Crippen LogP contribution in [0.25, 0.3) is 11.3 Å². The number of imide groups is 1. The van der Waals surface area contributed by atoms with E-state index < -0.39 is 24.5 Å². The highest BCUT2D eigenvalue weighted by molar-refractivity contribution is 5.95. The highest BCUT2D eigenvalue weighted by atomic mass is 16.5. The number of amides is 3. The van der Waals surface area contributed by atoms with E-state index in [1.165, 1.54) is 0 Å². The smallest absolute Gasteiger partial charge is 0.321 e. The number of carbonyl (C=O) groups excluding carboxylic acids is 3. The molecule has 1 heterocycles. The van der Waals surface area contributed by atoms with Crippen LogP contribution in [0.3, 0.4) is 0 Å². The summed E-state index contributed by atoms with van der Waals surface area (Å²) in [7, 11) is 0. The molecule has 2 N–H and O–H groups in total. The molecule has 0 spiro atoms. The Bertz CT molecular complexity index is 755. The maximum atomic E-state index is 11.7. The van der Waals surface area contributed by atoms with Gasteiger partial charge >= 0.3 is 12.0 Å². The molecule has 0 unspecified atom stereocenters. The van der Waals surface area contributed by atoms with Crippen LogP contribution in [0.4, 0.5) is 4.79 Å². The van der Waals surface area contributed by atoms with Gasteiger partial charge in [-0.15, -0.1) is 0 Å². The second-order valence-corrected chi connectivity index (χ2v) is 5.95. The van der Waals surface area contributed by atoms with E-state index in [9.17, 15) is 14.4 Å². The number of furan rings is 1. The fourth-order valence-electron chi connectivity index (χ4n) is 2.30. The average molecular weight is 372 g/mol. The Morgan fingerprint density at radius 1 is 1.07 bits per heavy atom. The number of urea groups is 1. The van der Waals surface area contributed by atoms with E-state index in [4.69, 9.17) is 9.15 Å². The molecule has 1 aromatic heterocycles. The summed E-state index contributed by atoms with van der Waals surface area (Å²) in [5.74, 6) is 0.189. The average Bonchev–Trinajstić information content (AvgIpc) is 3.15. The van der Waals surface area contributed by atoms with Crippen molar-refractivity contribution in [1.82, 2.24) is 10.6 Å². The molecule has 0 saturated heterocycles.